The van der Waals surface area contributed by atoms with Gasteiger partial charge >= 0.3 is 0 Å². The van der Waals surface area contributed by atoms with E-state index in [1.165, 1.54) is 13.0 Å². The van der Waals surface area contributed by atoms with E-state index in [0.717, 1.165) is 10.6 Å². The van der Waals surface area contributed by atoms with Gasteiger partial charge in [0.25, 0.3) is 0 Å². The lowest BCUT2D eigenvalue weighted by molar-refractivity contribution is -0.118. The lowest BCUT2D eigenvalue weighted by Gasteiger charge is -2.28. The molecule has 0 bridgehead atoms. The summed E-state index contributed by atoms with van der Waals surface area (Å²) in [6, 6.07) is 3.86. The molecule has 0 saturated carbocycles. The van der Waals surface area contributed by atoms with Gasteiger partial charge in [-0.1, -0.05) is 17.7 Å². The minimum absolute atomic E-state index is 0.358. The first kappa shape index (κ1) is 14.8. The highest BCUT2D eigenvalue weighted by Crippen LogP contribution is 2.27. The van der Waals surface area contributed by atoms with E-state index in [4.69, 9.17) is 17.3 Å². The first-order valence-electron chi connectivity index (χ1n) is 5.19. The second kappa shape index (κ2) is 5.16. The average molecular weight is 291 g/mol. The molecule has 100 valence electrons. The molecule has 0 aliphatic heterocycles. The molecular formula is C11H15ClN2O3S. The number of sulfonamides is 1. The predicted molar refractivity (Wildman–Crippen MR) is 72.2 cm³/mol. The summed E-state index contributed by atoms with van der Waals surface area (Å²) in [6.45, 7) is 3.17. The van der Waals surface area contributed by atoms with Crippen molar-refractivity contribution in [2.45, 2.75) is 19.9 Å². The number of aryl methyl sites for hydroxylation is 1. The Morgan fingerprint density at radius 2 is 2.00 bits per heavy atom. The fourth-order valence-corrected chi connectivity index (χ4v) is 3.01. The van der Waals surface area contributed by atoms with Crippen molar-refractivity contribution in [3.8, 4) is 0 Å². The number of carbonyl (C=O) groups excluding carboxylic acids is 1. The molecule has 0 spiro atoms. The second-order valence-corrected chi connectivity index (χ2v) is 6.36. The Hall–Kier alpha value is -1.27. The van der Waals surface area contributed by atoms with Crippen LogP contribution >= 0.6 is 11.6 Å². The molecule has 7 heteroatoms. The van der Waals surface area contributed by atoms with Crippen molar-refractivity contribution in [1.29, 1.82) is 0 Å². The second-order valence-electron chi connectivity index (χ2n) is 4.07. The topological polar surface area (TPSA) is 80.5 Å². The highest BCUT2D eigenvalue weighted by Gasteiger charge is 2.28. The number of rotatable bonds is 4. The molecule has 0 heterocycles. The third kappa shape index (κ3) is 3.14. The summed E-state index contributed by atoms with van der Waals surface area (Å²) >= 11 is 5.86. The first-order valence-corrected chi connectivity index (χ1v) is 7.42. The van der Waals surface area contributed by atoms with Crippen LogP contribution in [-0.2, 0) is 14.8 Å². The predicted octanol–water partition coefficient (Wildman–Crippen LogP) is 1.29. The first-order chi connectivity index (χ1) is 8.14. The molecule has 1 atom stereocenters. The Morgan fingerprint density at radius 3 is 2.44 bits per heavy atom. The zero-order valence-electron chi connectivity index (χ0n) is 10.3. The van der Waals surface area contributed by atoms with Crippen LogP contribution in [0.1, 0.15) is 12.5 Å². The number of benzene rings is 1. The molecule has 0 saturated heterocycles. The van der Waals surface area contributed by atoms with E-state index in [1.807, 2.05) is 0 Å². The Kier molecular flexibility index (Phi) is 4.24. The van der Waals surface area contributed by atoms with E-state index < -0.39 is 22.0 Å². The largest absolute Gasteiger partial charge is 0.368 e. The maximum absolute atomic E-state index is 11.8. The summed E-state index contributed by atoms with van der Waals surface area (Å²) in [5, 5.41) is 0.390. The number of anilines is 1. The summed E-state index contributed by atoms with van der Waals surface area (Å²) in [6.07, 6.45) is 1.02. The van der Waals surface area contributed by atoms with Crippen LogP contribution in [0.2, 0.25) is 5.02 Å². The van der Waals surface area contributed by atoms with Gasteiger partial charge in [0, 0.05) is 5.02 Å². The summed E-state index contributed by atoms with van der Waals surface area (Å²) in [4.78, 5) is 11.2. The van der Waals surface area contributed by atoms with E-state index in [0.29, 0.717) is 16.3 Å². The van der Waals surface area contributed by atoms with Crippen LogP contribution < -0.4 is 10.0 Å². The van der Waals surface area contributed by atoms with E-state index in [9.17, 15) is 13.2 Å². The standard InChI is InChI=1S/C11H15ClN2O3S/c1-7-4-5-9(12)6-10(7)14(18(3,16)17)8(2)11(13)15/h4-6,8H,1-3H3,(H2,13,15)/t8-/m0/s1. The molecule has 1 rings (SSSR count). The van der Waals surface area contributed by atoms with E-state index in [2.05, 4.69) is 0 Å². The number of carbonyl (C=O) groups is 1. The van der Waals surface area contributed by atoms with Gasteiger partial charge in [0.05, 0.1) is 11.9 Å². The van der Waals surface area contributed by atoms with Crippen LogP contribution in [0.4, 0.5) is 5.69 Å². The van der Waals surface area contributed by atoms with Gasteiger partial charge in [0.2, 0.25) is 15.9 Å². The Morgan fingerprint density at radius 1 is 1.44 bits per heavy atom. The molecule has 0 aliphatic rings. The zero-order chi connectivity index (χ0) is 14.1. The number of hydrogen-bond acceptors (Lipinski definition) is 3. The molecule has 0 unspecified atom stereocenters. The zero-order valence-corrected chi connectivity index (χ0v) is 11.9. The molecule has 0 aliphatic carbocycles. The number of primary amides is 1. The van der Waals surface area contributed by atoms with E-state index in [-0.39, 0.29) is 0 Å². The number of amides is 1. The molecule has 18 heavy (non-hydrogen) atoms. The van der Waals surface area contributed by atoms with Gasteiger partial charge in [-0.2, -0.15) is 0 Å². The minimum atomic E-state index is -3.63. The maximum Gasteiger partial charge on any atom is 0.241 e. The van der Waals surface area contributed by atoms with Crippen molar-refractivity contribution in [3.63, 3.8) is 0 Å². The molecule has 0 fully saturated rings. The summed E-state index contributed by atoms with van der Waals surface area (Å²) in [5.41, 5.74) is 6.23. The number of nitrogens with two attached hydrogens (primary N) is 1. The monoisotopic (exact) mass is 290 g/mol. The lowest BCUT2D eigenvalue weighted by atomic mass is 10.2. The Balaban J connectivity index is 3.45. The summed E-state index contributed by atoms with van der Waals surface area (Å²) in [7, 11) is -3.63. The molecule has 2 N–H and O–H groups in total. The molecule has 0 radical (unpaired) electrons. The van der Waals surface area contributed by atoms with Crippen LogP contribution in [0, 0.1) is 6.92 Å². The van der Waals surface area contributed by atoms with Crippen LogP contribution in [0.5, 0.6) is 0 Å². The maximum atomic E-state index is 11.8. The fourth-order valence-electron chi connectivity index (χ4n) is 1.61. The number of hydrogen-bond donors (Lipinski definition) is 1. The van der Waals surface area contributed by atoms with Crippen molar-refractivity contribution in [3.05, 3.63) is 28.8 Å². The van der Waals surface area contributed by atoms with Gasteiger partial charge in [0.15, 0.2) is 0 Å². The van der Waals surface area contributed by atoms with Crippen molar-refractivity contribution in [2.24, 2.45) is 5.73 Å². The van der Waals surface area contributed by atoms with Crippen LogP contribution in [0.3, 0.4) is 0 Å². The van der Waals surface area contributed by atoms with Gasteiger partial charge in [0.1, 0.15) is 6.04 Å². The highest BCUT2D eigenvalue weighted by molar-refractivity contribution is 7.92. The summed E-state index contributed by atoms with van der Waals surface area (Å²) < 4.78 is 24.6. The smallest absolute Gasteiger partial charge is 0.241 e. The summed E-state index contributed by atoms with van der Waals surface area (Å²) in [5.74, 6) is -0.722. The van der Waals surface area contributed by atoms with Gasteiger partial charge in [-0.3, -0.25) is 9.10 Å². The van der Waals surface area contributed by atoms with Crippen molar-refractivity contribution < 1.29 is 13.2 Å². The van der Waals surface area contributed by atoms with Crippen LogP contribution in [0.25, 0.3) is 0 Å². The van der Waals surface area contributed by atoms with Gasteiger partial charge in [-0.05, 0) is 31.5 Å². The van der Waals surface area contributed by atoms with Crippen molar-refractivity contribution in [2.75, 3.05) is 10.6 Å². The molecule has 1 amide bonds. The Labute approximate surface area is 112 Å². The highest BCUT2D eigenvalue weighted by atomic mass is 35.5. The molecular weight excluding hydrogens is 276 g/mol. The van der Waals surface area contributed by atoms with Crippen molar-refractivity contribution >= 4 is 33.2 Å². The third-order valence-corrected chi connectivity index (χ3v) is 3.99. The van der Waals surface area contributed by atoms with Crippen LogP contribution in [0.15, 0.2) is 18.2 Å². The number of halogens is 1. The minimum Gasteiger partial charge on any atom is -0.368 e. The van der Waals surface area contributed by atoms with Gasteiger partial charge in [-0.15, -0.1) is 0 Å². The SMILES string of the molecule is Cc1ccc(Cl)cc1N([C@@H](C)C(N)=O)S(C)(=O)=O. The fraction of sp³-hybridized carbons (Fsp3) is 0.364. The van der Waals surface area contributed by atoms with E-state index in [1.54, 1.807) is 19.1 Å². The molecule has 0 aromatic heterocycles. The molecule has 5 nitrogen and oxygen atoms in total. The molecule has 1 aromatic carbocycles. The average Bonchev–Trinajstić information content (AvgIpc) is 2.21. The normalized spacial score (nSPS) is 13.1. The van der Waals surface area contributed by atoms with E-state index >= 15 is 0 Å². The van der Waals surface area contributed by atoms with Crippen LogP contribution in [-0.4, -0.2) is 26.6 Å². The van der Waals surface area contributed by atoms with Gasteiger partial charge < -0.3 is 5.73 Å². The molecule has 1 aromatic rings. The van der Waals surface area contributed by atoms with Crippen molar-refractivity contribution in [1.82, 2.24) is 0 Å². The Bertz CT molecular complexity index is 572. The van der Waals surface area contributed by atoms with Gasteiger partial charge in [-0.25, -0.2) is 8.42 Å². The quantitative estimate of drug-likeness (QED) is 0.907. The lowest BCUT2D eigenvalue weighted by Crippen LogP contribution is -2.46. The third-order valence-electron chi connectivity index (χ3n) is 2.53. The number of nitrogens with zero attached hydrogens (tertiary/aromatic N) is 1.